The molecule has 0 aliphatic carbocycles. The average Bonchev–Trinajstić information content (AvgIpc) is 2.77. The second-order valence-corrected chi connectivity index (χ2v) is 8.94. The Kier molecular flexibility index (Phi) is 7.84. The molecule has 0 saturated carbocycles. The Labute approximate surface area is 178 Å². The molecule has 0 spiro atoms. The first-order chi connectivity index (χ1) is 14.5. The van der Waals surface area contributed by atoms with Crippen molar-refractivity contribution in [2.24, 2.45) is 0 Å². The van der Waals surface area contributed by atoms with Crippen molar-refractivity contribution in [2.45, 2.75) is 12.7 Å². The summed E-state index contributed by atoms with van der Waals surface area (Å²) in [6.07, 6.45) is 0. The SMILES string of the molecule is CCOCCOc1ccccc1C(=O)N1CCN(S(=O)(=O)Cc2ccccc2)CC1. The van der Waals surface area contributed by atoms with Crippen LogP contribution in [0.15, 0.2) is 54.6 Å². The Hall–Kier alpha value is -2.42. The summed E-state index contributed by atoms with van der Waals surface area (Å²) in [5.74, 6) is 0.335. The third-order valence-electron chi connectivity index (χ3n) is 4.92. The topological polar surface area (TPSA) is 76.2 Å². The Balaban J connectivity index is 1.59. The van der Waals surface area contributed by atoms with E-state index in [1.165, 1.54) is 4.31 Å². The van der Waals surface area contributed by atoms with Crippen molar-refractivity contribution >= 4 is 15.9 Å². The smallest absolute Gasteiger partial charge is 0.257 e. The highest BCUT2D eigenvalue weighted by molar-refractivity contribution is 7.88. The molecule has 0 N–H and O–H groups in total. The summed E-state index contributed by atoms with van der Waals surface area (Å²) in [7, 11) is -3.42. The summed E-state index contributed by atoms with van der Waals surface area (Å²) >= 11 is 0. The van der Waals surface area contributed by atoms with Crippen molar-refractivity contribution in [1.29, 1.82) is 0 Å². The Morgan fingerprint density at radius 1 is 0.933 bits per heavy atom. The van der Waals surface area contributed by atoms with E-state index in [4.69, 9.17) is 9.47 Å². The molecular formula is C22H28N2O5S. The second-order valence-electron chi connectivity index (χ2n) is 6.97. The fourth-order valence-electron chi connectivity index (χ4n) is 3.34. The minimum atomic E-state index is -3.42. The highest BCUT2D eigenvalue weighted by Crippen LogP contribution is 2.21. The average molecular weight is 433 g/mol. The molecule has 2 aromatic carbocycles. The van der Waals surface area contributed by atoms with Gasteiger partial charge in [0.2, 0.25) is 10.0 Å². The van der Waals surface area contributed by atoms with E-state index in [0.717, 1.165) is 5.56 Å². The number of piperazine rings is 1. The molecule has 2 aromatic rings. The number of hydrogen-bond donors (Lipinski definition) is 0. The van der Waals surface area contributed by atoms with E-state index in [1.54, 1.807) is 35.2 Å². The Morgan fingerprint density at radius 3 is 2.30 bits per heavy atom. The monoisotopic (exact) mass is 432 g/mol. The number of carbonyl (C=O) groups is 1. The van der Waals surface area contributed by atoms with Crippen molar-refractivity contribution in [1.82, 2.24) is 9.21 Å². The predicted molar refractivity (Wildman–Crippen MR) is 115 cm³/mol. The zero-order chi connectivity index (χ0) is 21.4. The van der Waals surface area contributed by atoms with Crippen LogP contribution in [-0.2, 0) is 20.5 Å². The van der Waals surface area contributed by atoms with Gasteiger partial charge in [0.15, 0.2) is 0 Å². The van der Waals surface area contributed by atoms with E-state index in [0.29, 0.717) is 44.2 Å². The number of benzene rings is 2. The van der Waals surface area contributed by atoms with Gasteiger partial charge in [-0.25, -0.2) is 8.42 Å². The highest BCUT2D eigenvalue weighted by atomic mass is 32.2. The van der Waals surface area contributed by atoms with E-state index in [-0.39, 0.29) is 24.7 Å². The van der Waals surface area contributed by atoms with E-state index in [9.17, 15) is 13.2 Å². The lowest BCUT2D eigenvalue weighted by Crippen LogP contribution is -2.50. The quantitative estimate of drug-likeness (QED) is 0.569. The van der Waals surface area contributed by atoms with Gasteiger partial charge in [0.1, 0.15) is 12.4 Å². The summed E-state index contributed by atoms with van der Waals surface area (Å²) in [4.78, 5) is 14.7. The molecule has 0 bridgehead atoms. The zero-order valence-corrected chi connectivity index (χ0v) is 18.0. The fraction of sp³-hybridized carbons (Fsp3) is 0.409. The van der Waals surface area contributed by atoms with Gasteiger partial charge in [-0.15, -0.1) is 0 Å². The van der Waals surface area contributed by atoms with Crippen molar-refractivity contribution in [3.8, 4) is 5.75 Å². The van der Waals surface area contributed by atoms with Gasteiger partial charge in [0.25, 0.3) is 5.91 Å². The Morgan fingerprint density at radius 2 is 1.60 bits per heavy atom. The summed E-state index contributed by atoms with van der Waals surface area (Å²) in [6, 6.07) is 16.2. The zero-order valence-electron chi connectivity index (χ0n) is 17.2. The van der Waals surface area contributed by atoms with Crippen LogP contribution >= 0.6 is 0 Å². The molecule has 162 valence electrons. The molecule has 0 unspecified atom stereocenters. The van der Waals surface area contributed by atoms with Gasteiger partial charge in [-0.2, -0.15) is 4.31 Å². The number of sulfonamides is 1. The lowest BCUT2D eigenvalue weighted by Gasteiger charge is -2.34. The van der Waals surface area contributed by atoms with Crippen LogP contribution in [0.4, 0.5) is 0 Å². The maximum Gasteiger partial charge on any atom is 0.257 e. The first-order valence-corrected chi connectivity index (χ1v) is 11.7. The van der Waals surface area contributed by atoms with Crippen LogP contribution in [0.1, 0.15) is 22.8 Å². The molecule has 7 nitrogen and oxygen atoms in total. The maximum atomic E-state index is 13.0. The molecule has 0 radical (unpaired) electrons. The van der Waals surface area contributed by atoms with Gasteiger partial charge in [0, 0.05) is 32.8 Å². The van der Waals surface area contributed by atoms with Crippen LogP contribution in [-0.4, -0.2) is 69.5 Å². The first kappa shape index (κ1) is 22.3. The molecule has 8 heteroatoms. The molecule has 1 heterocycles. The molecule has 0 atom stereocenters. The third-order valence-corrected chi connectivity index (χ3v) is 6.77. The third kappa shape index (κ3) is 5.81. The van der Waals surface area contributed by atoms with E-state index in [2.05, 4.69) is 0 Å². The normalized spacial score (nSPS) is 15.2. The van der Waals surface area contributed by atoms with Crippen LogP contribution in [0.25, 0.3) is 0 Å². The standard InChI is InChI=1S/C22H28N2O5S/c1-2-28-16-17-29-21-11-7-6-10-20(21)22(25)23-12-14-24(15-13-23)30(26,27)18-19-8-4-3-5-9-19/h3-11H,2,12-18H2,1H3. The summed E-state index contributed by atoms with van der Waals surface area (Å²) in [5, 5.41) is 0. The summed E-state index contributed by atoms with van der Waals surface area (Å²) in [6.45, 7) is 4.61. The minimum absolute atomic E-state index is 0.0295. The Bertz CT molecular complexity index is 926. The van der Waals surface area contributed by atoms with Crippen molar-refractivity contribution in [2.75, 3.05) is 46.0 Å². The van der Waals surface area contributed by atoms with E-state index >= 15 is 0 Å². The fourth-order valence-corrected chi connectivity index (χ4v) is 4.86. The molecule has 30 heavy (non-hydrogen) atoms. The van der Waals surface area contributed by atoms with Crippen LogP contribution in [0.5, 0.6) is 5.75 Å². The molecular weight excluding hydrogens is 404 g/mol. The number of hydrogen-bond acceptors (Lipinski definition) is 5. The molecule has 1 amide bonds. The van der Waals surface area contributed by atoms with Gasteiger partial charge in [-0.05, 0) is 24.6 Å². The highest BCUT2D eigenvalue weighted by Gasteiger charge is 2.30. The molecule has 1 aliphatic heterocycles. The number of rotatable bonds is 9. The number of amides is 1. The van der Waals surface area contributed by atoms with Crippen LogP contribution in [0, 0.1) is 0 Å². The lowest BCUT2D eigenvalue weighted by molar-refractivity contribution is 0.0688. The predicted octanol–water partition coefficient (Wildman–Crippen LogP) is 2.39. The molecule has 0 aromatic heterocycles. The molecule has 1 aliphatic rings. The number of ether oxygens (including phenoxy) is 2. The second kappa shape index (κ2) is 10.6. The van der Waals surface area contributed by atoms with Crippen LogP contribution in [0.2, 0.25) is 0 Å². The van der Waals surface area contributed by atoms with Crippen molar-refractivity contribution < 1.29 is 22.7 Å². The minimum Gasteiger partial charge on any atom is -0.490 e. The van der Waals surface area contributed by atoms with Gasteiger partial charge in [-0.1, -0.05) is 42.5 Å². The largest absolute Gasteiger partial charge is 0.490 e. The molecule has 1 fully saturated rings. The number of carbonyl (C=O) groups excluding carboxylic acids is 1. The van der Waals surface area contributed by atoms with Gasteiger partial charge >= 0.3 is 0 Å². The summed E-state index contributed by atoms with van der Waals surface area (Å²) in [5.41, 5.74) is 1.24. The van der Waals surface area contributed by atoms with Crippen LogP contribution < -0.4 is 4.74 Å². The van der Waals surface area contributed by atoms with E-state index in [1.807, 2.05) is 31.2 Å². The van der Waals surface area contributed by atoms with Gasteiger partial charge < -0.3 is 14.4 Å². The van der Waals surface area contributed by atoms with Crippen molar-refractivity contribution in [3.63, 3.8) is 0 Å². The maximum absolute atomic E-state index is 13.0. The summed E-state index contributed by atoms with van der Waals surface area (Å²) < 4.78 is 37.9. The van der Waals surface area contributed by atoms with Gasteiger partial charge in [-0.3, -0.25) is 4.79 Å². The molecule has 3 rings (SSSR count). The van der Waals surface area contributed by atoms with E-state index < -0.39 is 10.0 Å². The van der Waals surface area contributed by atoms with Gasteiger partial charge in [0.05, 0.1) is 17.9 Å². The first-order valence-electron chi connectivity index (χ1n) is 10.1. The molecule has 1 saturated heterocycles. The number of nitrogens with zero attached hydrogens (tertiary/aromatic N) is 2. The van der Waals surface area contributed by atoms with Crippen LogP contribution in [0.3, 0.4) is 0 Å². The van der Waals surface area contributed by atoms with Crippen molar-refractivity contribution in [3.05, 3.63) is 65.7 Å². The number of para-hydroxylation sites is 1. The lowest BCUT2D eigenvalue weighted by atomic mass is 10.1.